The molecular formula is C15H14FN3. The Morgan fingerprint density at radius 1 is 1.26 bits per heavy atom. The second-order valence-corrected chi connectivity index (χ2v) is 4.41. The topological polar surface area (TPSA) is 53.0 Å². The average molecular weight is 255 g/mol. The fraction of sp³-hybridized carbons (Fsp3) is 0.133. The van der Waals surface area contributed by atoms with E-state index < -0.39 is 0 Å². The van der Waals surface area contributed by atoms with Crippen molar-refractivity contribution in [2.75, 3.05) is 17.7 Å². The number of benzene rings is 2. The van der Waals surface area contributed by atoms with Gasteiger partial charge in [-0.05, 0) is 42.0 Å². The molecule has 0 aliphatic carbocycles. The van der Waals surface area contributed by atoms with Crippen LogP contribution < -0.4 is 10.6 Å². The van der Waals surface area contributed by atoms with Crippen LogP contribution in [0, 0.1) is 17.1 Å². The summed E-state index contributed by atoms with van der Waals surface area (Å²) in [4.78, 5) is 1.94. The second-order valence-electron chi connectivity index (χ2n) is 4.41. The van der Waals surface area contributed by atoms with Crippen molar-refractivity contribution in [3.63, 3.8) is 0 Å². The molecule has 0 amide bonds. The van der Waals surface area contributed by atoms with E-state index in [1.807, 2.05) is 24.1 Å². The van der Waals surface area contributed by atoms with E-state index >= 15 is 0 Å². The van der Waals surface area contributed by atoms with Crippen molar-refractivity contribution in [2.24, 2.45) is 0 Å². The van der Waals surface area contributed by atoms with Gasteiger partial charge >= 0.3 is 0 Å². The van der Waals surface area contributed by atoms with Gasteiger partial charge in [0.2, 0.25) is 0 Å². The van der Waals surface area contributed by atoms with Crippen LogP contribution in [0.15, 0.2) is 42.5 Å². The maximum atomic E-state index is 13.3. The number of rotatable bonds is 3. The first-order chi connectivity index (χ1) is 9.08. The van der Waals surface area contributed by atoms with E-state index in [9.17, 15) is 4.39 Å². The van der Waals surface area contributed by atoms with Crippen LogP contribution in [-0.2, 0) is 6.54 Å². The SMILES string of the molecule is CN(Cc1cc(N)cc(F)c1)c1cccc(C#N)c1. The maximum Gasteiger partial charge on any atom is 0.125 e. The zero-order valence-corrected chi connectivity index (χ0v) is 10.6. The fourth-order valence-electron chi connectivity index (χ4n) is 1.94. The Kier molecular flexibility index (Phi) is 3.67. The van der Waals surface area contributed by atoms with Crippen molar-refractivity contribution in [3.8, 4) is 6.07 Å². The molecule has 2 N–H and O–H groups in total. The van der Waals surface area contributed by atoms with Crippen molar-refractivity contribution in [2.45, 2.75) is 6.54 Å². The predicted molar refractivity (Wildman–Crippen MR) is 74.1 cm³/mol. The van der Waals surface area contributed by atoms with E-state index in [0.29, 0.717) is 17.8 Å². The third-order valence-corrected chi connectivity index (χ3v) is 2.82. The van der Waals surface area contributed by atoms with E-state index in [1.54, 1.807) is 18.2 Å². The monoisotopic (exact) mass is 255 g/mol. The molecule has 3 nitrogen and oxygen atoms in total. The van der Waals surface area contributed by atoms with Gasteiger partial charge in [0.25, 0.3) is 0 Å². The first-order valence-electron chi connectivity index (χ1n) is 5.85. The molecule has 0 saturated carbocycles. The number of hydrogen-bond donors (Lipinski definition) is 1. The number of nitrogens with zero attached hydrogens (tertiary/aromatic N) is 2. The highest BCUT2D eigenvalue weighted by Gasteiger charge is 2.05. The summed E-state index contributed by atoms with van der Waals surface area (Å²) in [5, 5.41) is 8.87. The Morgan fingerprint density at radius 2 is 2.05 bits per heavy atom. The van der Waals surface area contributed by atoms with Gasteiger partial charge in [0, 0.05) is 25.0 Å². The fourth-order valence-corrected chi connectivity index (χ4v) is 1.94. The molecule has 0 saturated heterocycles. The standard InChI is InChI=1S/C15H14FN3/c1-19(15-4-2-3-11(7-15)9-17)10-12-5-13(16)8-14(18)6-12/h2-8H,10,18H2,1H3. The summed E-state index contributed by atoms with van der Waals surface area (Å²) in [5.41, 5.74) is 8.33. The van der Waals surface area contributed by atoms with Gasteiger partial charge in [0.05, 0.1) is 11.6 Å². The summed E-state index contributed by atoms with van der Waals surface area (Å²) in [5.74, 6) is -0.339. The van der Waals surface area contributed by atoms with Crippen molar-refractivity contribution in [3.05, 3.63) is 59.4 Å². The lowest BCUT2D eigenvalue weighted by Gasteiger charge is -2.19. The zero-order valence-electron chi connectivity index (χ0n) is 10.6. The van der Waals surface area contributed by atoms with Crippen molar-refractivity contribution in [1.29, 1.82) is 5.26 Å². The summed E-state index contributed by atoms with van der Waals surface area (Å²) in [6, 6.07) is 13.9. The minimum Gasteiger partial charge on any atom is -0.399 e. The summed E-state index contributed by atoms with van der Waals surface area (Å²) >= 11 is 0. The Hall–Kier alpha value is -2.54. The van der Waals surface area contributed by atoms with E-state index in [0.717, 1.165) is 11.3 Å². The normalized spacial score (nSPS) is 9.95. The van der Waals surface area contributed by atoms with Gasteiger partial charge < -0.3 is 10.6 Å². The van der Waals surface area contributed by atoms with Crippen molar-refractivity contribution >= 4 is 11.4 Å². The van der Waals surface area contributed by atoms with Crippen LogP contribution in [0.1, 0.15) is 11.1 Å². The number of anilines is 2. The molecule has 2 rings (SSSR count). The number of halogens is 1. The molecule has 0 heterocycles. The lowest BCUT2D eigenvalue weighted by molar-refractivity contribution is 0.626. The minimum absolute atomic E-state index is 0.339. The summed E-state index contributed by atoms with van der Waals surface area (Å²) < 4.78 is 13.3. The summed E-state index contributed by atoms with van der Waals surface area (Å²) in [6.07, 6.45) is 0. The van der Waals surface area contributed by atoms with Crippen molar-refractivity contribution in [1.82, 2.24) is 0 Å². The third kappa shape index (κ3) is 3.23. The van der Waals surface area contributed by atoms with Crippen LogP contribution in [0.25, 0.3) is 0 Å². The molecule has 0 fully saturated rings. The number of nitriles is 1. The van der Waals surface area contributed by atoms with Gasteiger partial charge in [-0.25, -0.2) is 4.39 Å². The second kappa shape index (κ2) is 5.40. The Bertz CT molecular complexity index is 611. The summed E-state index contributed by atoms with van der Waals surface area (Å²) in [7, 11) is 1.89. The molecule has 2 aromatic carbocycles. The van der Waals surface area contributed by atoms with Crippen LogP contribution in [-0.4, -0.2) is 7.05 Å². The van der Waals surface area contributed by atoms with Crippen LogP contribution in [0.4, 0.5) is 15.8 Å². The molecule has 0 aliphatic heterocycles. The minimum atomic E-state index is -0.339. The molecule has 0 radical (unpaired) electrons. The Balaban J connectivity index is 2.20. The molecule has 2 aromatic rings. The predicted octanol–water partition coefficient (Wildman–Crippen LogP) is 2.92. The number of nitrogens with two attached hydrogens (primary N) is 1. The van der Waals surface area contributed by atoms with Gasteiger partial charge in [-0.3, -0.25) is 0 Å². The number of nitrogen functional groups attached to an aromatic ring is 1. The molecule has 0 bridgehead atoms. The highest BCUT2D eigenvalue weighted by Crippen LogP contribution is 2.18. The quantitative estimate of drug-likeness (QED) is 0.858. The molecule has 0 unspecified atom stereocenters. The highest BCUT2D eigenvalue weighted by molar-refractivity contribution is 5.52. The van der Waals surface area contributed by atoms with Gasteiger partial charge in [-0.2, -0.15) is 5.26 Å². The highest BCUT2D eigenvalue weighted by atomic mass is 19.1. The van der Waals surface area contributed by atoms with Gasteiger partial charge in [0.1, 0.15) is 5.82 Å². The van der Waals surface area contributed by atoms with E-state index in [-0.39, 0.29) is 5.82 Å². The molecule has 96 valence electrons. The third-order valence-electron chi connectivity index (χ3n) is 2.82. The molecule has 19 heavy (non-hydrogen) atoms. The van der Waals surface area contributed by atoms with E-state index in [2.05, 4.69) is 6.07 Å². The lowest BCUT2D eigenvalue weighted by Crippen LogP contribution is -2.16. The maximum absolute atomic E-state index is 13.3. The van der Waals surface area contributed by atoms with E-state index in [4.69, 9.17) is 11.0 Å². The van der Waals surface area contributed by atoms with Crippen LogP contribution in [0.3, 0.4) is 0 Å². The van der Waals surface area contributed by atoms with Crippen LogP contribution >= 0.6 is 0 Å². The first kappa shape index (κ1) is 12.9. The molecular weight excluding hydrogens is 241 g/mol. The number of hydrogen-bond acceptors (Lipinski definition) is 3. The zero-order chi connectivity index (χ0) is 13.8. The largest absolute Gasteiger partial charge is 0.399 e. The smallest absolute Gasteiger partial charge is 0.125 e. The first-order valence-corrected chi connectivity index (χ1v) is 5.85. The lowest BCUT2D eigenvalue weighted by atomic mass is 10.1. The Morgan fingerprint density at radius 3 is 2.74 bits per heavy atom. The Labute approximate surface area is 111 Å². The van der Waals surface area contributed by atoms with E-state index in [1.165, 1.54) is 12.1 Å². The molecule has 0 aliphatic rings. The molecule has 0 aromatic heterocycles. The van der Waals surface area contributed by atoms with Crippen LogP contribution in [0.5, 0.6) is 0 Å². The van der Waals surface area contributed by atoms with Gasteiger partial charge in [0.15, 0.2) is 0 Å². The van der Waals surface area contributed by atoms with Gasteiger partial charge in [-0.1, -0.05) is 6.07 Å². The van der Waals surface area contributed by atoms with Crippen molar-refractivity contribution < 1.29 is 4.39 Å². The van der Waals surface area contributed by atoms with Gasteiger partial charge in [-0.15, -0.1) is 0 Å². The summed E-state index contributed by atoms with van der Waals surface area (Å²) in [6.45, 7) is 0.525. The van der Waals surface area contributed by atoms with Crippen LogP contribution in [0.2, 0.25) is 0 Å². The molecule has 0 spiro atoms. The average Bonchev–Trinajstić information content (AvgIpc) is 2.37. The molecule has 4 heteroatoms. The molecule has 0 atom stereocenters.